The van der Waals surface area contributed by atoms with Crippen LogP contribution in [0.15, 0.2) is 84.0 Å². The van der Waals surface area contributed by atoms with E-state index in [1.54, 1.807) is 0 Å². The van der Waals surface area contributed by atoms with Gasteiger partial charge in [0.05, 0.1) is 0 Å². The van der Waals surface area contributed by atoms with Crippen LogP contribution >= 0.6 is 0 Å². The van der Waals surface area contributed by atoms with Crippen LogP contribution in [0.1, 0.15) is 63.5 Å². The minimum Gasteiger partial charge on any atom is -1.00 e. The summed E-state index contributed by atoms with van der Waals surface area (Å²) in [6.07, 6.45) is 18.3. The number of hydrogen-bond acceptors (Lipinski definition) is 0. The molecule has 0 N–H and O–H groups in total. The van der Waals surface area contributed by atoms with Gasteiger partial charge in [0.25, 0.3) is 0 Å². The van der Waals surface area contributed by atoms with Crippen molar-refractivity contribution in [3.8, 4) is 0 Å². The van der Waals surface area contributed by atoms with E-state index in [1.807, 2.05) is 0 Å². The predicted octanol–water partition coefficient (Wildman–Crippen LogP) is 2.80. The number of rotatable bonds is 6. The zero-order valence-corrected chi connectivity index (χ0v) is 25.0. The molecule has 0 aliphatic heterocycles. The number of allylic oxidation sites excluding steroid dienone is 8. The van der Waals surface area contributed by atoms with Crippen LogP contribution in [0.5, 0.6) is 0 Å². The molecule has 2 aromatic rings. The van der Waals surface area contributed by atoms with Crippen molar-refractivity contribution in [2.24, 2.45) is 0 Å². The minimum atomic E-state index is 0. The molecule has 0 saturated heterocycles. The third-order valence-electron chi connectivity index (χ3n) is 5.04. The second kappa shape index (κ2) is 19.1. The van der Waals surface area contributed by atoms with Crippen molar-refractivity contribution in [2.75, 3.05) is 0 Å². The standard InChI is InChI=1S/2C14H15.C2H6Si.2ClH.Ti/c2*1-2-6-12-9-10-14(11-12)13-7-4-3-5-8-13;1-3-2;;;/h2*3-5,7-8,11H,2,6,10H2,1H3;1-2H3;2*1H;/q2*-1;;;;+2/p-2. The molecule has 2 aliphatic carbocycles. The fourth-order valence-electron chi connectivity index (χ4n) is 3.58. The van der Waals surface area contributed by atoms with Gasteiger partial charge in [0, 0.05) is 0 Å². The molecular formula is C30H36Cl2SiTi-2. The number of benzene rings is 2. The van der Waals surface area contributed by atoms with Crippen LogP contribution in [0, 0.1) is 12.2 Å². The Labute approximate surface area is 232 Å². The molecule has 0 unspecified atom stereocenters. The summed E-state index contributed by atoms with van der Waals surface area (Å²) >= 11 is 2.27. The average molecular weight is 543 g/mol. The molecule has 34 heavy (non-hydrogen) atoms. The third kappa shape index (κ3) is 12.6. The Morgan fingerprint density at radius 2 is 1.00 bits per heavy atom. The Morgan fingerprint density at radius 3 is 1.29 bits per heavy atom. The van der Waals surface area contributed by atoms with Crippen LogP contribution in [0.4, 0.5) is 0 Å². The molecule has 0 saturated carbocycles. The summed E-state index contributed by atoms with van der Waals surface area (Å²) in [5.41, 5.74) is 8.26. The fraction of sp³-hybridized carbons (Fsp3) is 0.333. The van der Waals surface area contributed by atoms with Gasteiger partial charge in [0.2, 0.25) is 0 Å². The van der Waals surface area contributed by atoms with E-state index in [0.717, 1.165) is 25.7 Å². The van der Waals surface area contributed by atoms with Crippen molar-refractivity contribution in [3.05, 3.63) is 107 Å². The van der Waals surface area contributed by atoms with Gasteiger partial charge in [-0.25, -0.2) is 23.3 Å². The van der Waals surface area contributed by atoms with Gasteiger partial charge >= 0.3 is 38.5 Å². The summed E-state index contributed by atoms with van der Waals surface area (Å²) < 4.78 is 0. The topological polar surface area (TPSA) is 0 Å². The van der Waals surface area contributed by atoms with Gasteiger partial charge in [-0.15, -0.1) is 24.0 Å². The molecule has 0 amide bonds. The second-order valence-electron chi connectivity index (χ2n) is 8.33. The van der Waals surface area contributed by atoms with Crippen LogP contribution in [0.25, 0.3) is 11.1 Å². The molecule has 180 valence electrons. The molecule has 2 aliphatic rings. The van der Waals surface area contributed by atoms with E-state index < -0.39 is 0 Å². The van der Waals surface area contributed by atoms with E-state index in [4.69, 9.17) is 0 Å². The van der Waals surface area contributed by atoms with E-state index in [1.165, 1.54) is 46.3 Å². The van der Waals surface area contributed by atoms with Crippen molar-refractivity contribution in [2.45, 2.75) is 65.5 Å². The van der Waals surface area contributed by atoms with Gasteiger partial charge in [-0.05, 0) is 11.1 Å². The summed E-state index contributed by atoms with van der Waals surface area (Å²) in [6, 6.07) is 21.2. The molecule has 2 aromatic carbocycles. The summed E-state index contributed by atoms with van der Waals surface area (Å²) in [5, 5.41) is 0. The van der Waals surface area contributed by atoms with Gasteiger partial charge in [0.1, 0.15) is 0 Å². The summed E-state index contributed by atoms with van der Waals surface area (Å²) in [6.45, 7) is 8.96. The first-order chi connectivity index (χ1) is 15.5. The summed E-state index contributed by atoms with van der Waals surface area (Å²) in [4.78, 5) is 0. The fourth-order valence-corrected chi connectivity index (χ4v) is 3.58. The molecule has 0 bridgehead atoms. The van der Waals surface area contributed by atoms with E-state index in [0.29, 0.717) is 0 Å². The first-order valence-corrected chi connectivity index (χ1v) is 16.6. The van der Waals surface area contributed by atoms with Gasteiger partial charge in [-0.3, -0.25) is 12.2 Å². The van der Waals surface area contributed by atoms with Crippen molar-refractivity contribution >= 4 is 17.3 Å². The maximum atomic E-state index is 3.43. The largest absolute Gasteiger partial charge is 1.00 e. The van der Waals surface area contributed by atoms with Crippen molar-refractivity contribution in [1.29, 1.82) is 0 Å². The molecule has 0 fully saturated rings. The monoisotopic (exact) mass is 542 g/mol. The Morgan fingerprint density at radius 1 is 0.676 bits per heavy atom. The Balaban J connectivity index is 0.000000528. The minimum absolute atomic E-state index is 0. The van der Waals surface area contributed by atoms with E-state index in [-0.39, 0.29) is 31.0 Å². The zero-order valence-electron chi connectivity index (χ0n) is 20.9. The zero-order chi connectivity index (χ0) is 23.2. The maximum Gasteiger partial charge on any atom is -1.00 e. The molecule has 0 radical (unpaired) electrons. The second-order valence-corrected chi connectivity index (χ2v) is 15.0. The Kier molecular flexibility index (Phi) is 18.5. The average Bonchev–Trinajstić information content (AvgIpc) is 3.46. The van der Waals surface area contributed by atoms with Gasteiger partial charge in [0.15, 0.2) is 0 Å². The number of hydrogen-bond donors (Lipinski definition) is 0. The van der Waals surface area contributed by atoms with Crippen LogP contribution in [-0.4, -0.2) is 6.19 Å². The summed E-state index contributed by atoms with van der Waals surface area (Å²) in [5.74, 6) is 0. The predicted molar refractivity (Wildman–Crippen MR) is 139 cm³/mol. The normalized spacial score (nSPS) is 13.4. The molecule has 0 atom stereocenters. The van der Waals surface area contributed by atoms with Gasteiger partial charge in [-0.2, -0.15) is 0 Å². The van der Waals surface area contributed by atoms with Crippen LogP contribution in [-0.2, 0) is 19.2 Å². The van der Waals surface area contributed by atoms with E-state index in [2.05, 4.69) is 131 Å². The first kappa shape index (κ1) is 32.9. The van der Waals surface area contributed by atoms with E-state index in [9.17, 15) is 0 Å². The van der Waals surface area contributed by atoms with Crippen LogP contribution < -0.4 is 24.8 Å². The van der Waals surface area contributed by atoms with Gasteiger partial charge in [-0.1, -0.05) is 100 Å². The smallest absolute Gasteiger partial charge is 1.00 e. The van der Waals surface area contributed by atoms with Crippen LogP contribution in [0.3, 0.4) is 0 Å². The summed E-state index contributed by atoms with van der Waals surface area (Å²) in [7, 11) is 0. The Bertz CT molecular complexity index is 894. The van der Waals surface area contributed by atoms with Gasteiger partial charge < -0.3 is 24.8 Å². The van der Waals surface area contributed by atoms with Crippen LogP contribution in [0.2, 0.25) is 13.1 Å². The van der Waals surface area contributed by atoms with Crippen molar-refractivity contribution < 1.29 is 44.0 Å². The van der Waals surface area contributed by atoms with Crippen molar-refractivity contribution in [3.63, 3.8) is 0 Å². The van der Waals surface area contributed by atoms with E-state index >= 15 is 0 Å². The molecule has 4 heteroatoms. The maximum absolute atomic E-state index is 3.43. The number of halogens is 2. The first-order valence-electron chi connectivity index (χ1n) is 11.8. The molecule has 0 heterocycles. The Hall–Kier alpha value is -1.09. The third-order valence-corrected chi connectivity index (χ3v) is 5.04. The quantitative estimate of drug-likeness (QED) is 0.389. The SMILES string of the molecule is CCCC1=[C-]CC(c2ccccc2)=C1.CCCC1=[C-]CC(c2ccccc2)=C1.C[Si](C)=[Ti+2].[Cl-].[Cl-]. The molecular weight excluding hydrogens is 507 g/mol. The molecule has 0 nitrogen and oxygen atoms in total. The molecule has 0 aromatic heterocycles. The van der Waals surface area contributed by atoms with Crippen molar-refractivity contribution in [1.82, 2.24) is 0 Å². The molecule has 0 spiro atoms. The molecule has 4 rings (SSSR count).